The summed E-state index contributed by atoms with van der Waals surface area (Å²) in [4.78, 5) is 25.4. The van der Waals surface area contributed by atoms with Gasteiger partial charge in [0.05, 0.1) is 0 Å². The van der Waals surface area contributed by atoms with Gasteiger partial charge in [0, 0.05) is 28.8 Å². The number of hydrogen-bond donors (Lipinski definition) is 1. The Morgan fingerprint density at radius 1 is 1.08 bits per heavy atom. The molecule has 0 aliphatic carbocycles. The Labute approximate surface area is 145 Å². The summed E-state index contributed by atoms with van der Waals surface area (Å²) in [5.41, 5.74) is 2.09. The molecule has 2 heterocycles. The number of benzene rings is 1. The number of nitrogens with zero attached hydrogens (tertiary/aromatic N) is 4. The number of amides is 1. The van der Waals surface area contributed by atoms with Gasteiger partial charge in [-0.25, -0.2) is 9.97 Å². The van der Waals surface area contributed by atoms with Gasteiger partial charge in [-0.2, -0.15) is 4.98 Å². The Morgan fingerprint density at radius 2 is 1.80 bits per heavy atom. The van der Waals surface area contributed by atoms with Crippen LogP contribution in [0.1, 0.15) is 47.5 Å². The molecule has 7 nitrogen and oxygen atoms in total. The Kier molecular flexibility index (Phi) is 4.56. The van der Waals surface area contributed by atoms with E-state index in [1.807, 2.05) is 20.8 Å². The van der Waals surface area contributed by atoms with Crippen LogP contribution in [0, 0.1) is 13.8 Å². The molecule has 1 aromatic carbocycles. The van der Waals surface area contributed by atoms with E-state index in [9.17, 15) is 4.79 Å². The van der Waals surface area contributed by atoms with Crippen LogP contribution in [0.5, 0.6) is 0 Å². The second kappa shape index (κ2) is 6.80. The number of rotatable bonds is 4. The summed E-state index contributed by atoms with van der Waals surface area (Å²) < 4.78 is 5.12. The minimum absolute atomic E-state index is 0.188. The zero-order valence-electron chi connectivity index (χ0n) is 14.6. The van der Waals surface area contributed by atoms with Crippen LogP contribution in [-0.2, 0) is 0 Å². The first-order chi connectivity index (χ1) is 11.9. The van der Waals surface area contributed by atoms with E-state index in [-0.39, 0.29) is 11.8 Å². The van der Waals surface area contributed by atoms with Gasteiger partial charge in [-0.1, -0.05) is 19.0 Å². The van der Waals surface area contributed by atoms with Crippen LogP contribution < -0.4 is 5.32 Å². The maximum absolute atomic E-state index is 12.4. The van der Waals surface area contributed by atoms with Crippen LogP contribution in [-0.4, -0.2) is 26.0 Å². The second-order valence-corrected chi connectivity index (χ2v) is 6.09. The van der Waals surface area contributed by atoms with Crippen LogP contribution in [0.15, 0.2) is 34.9 Å². The number of nitrogens with one attached hydrogen (secondary N) is 1. The first-order valence-electron chi connectivity index (χ1n) is 8.00. The van der Waals surface area contributed by atoms with Gasteiger partial charge in [0.2, 0.25) is 0 Å². The quantitative estimate of drug-likeness (QED) is 0.783. The highest BCUT2D eigenvalue weighted by molar-refractivity contribution is 6.03. The van der Waals surface area contributed by atoms with Gasteiger partial charge in [0.1, 0.15) is 11.6 Å². The largest absolute Gasteiger partial charge is 0.334 e. The molecule has 0 fully saturated rings. The molecule has 0 aliphatic heterocycles. The molecule has 0 unspecified atom stereocenters. The molecule has 128 valence electrons. The lowest BCUT2D eigenvalue weighted by Gasteiger charge is -2.09. The van der Waals surface area contributed by atoms with Crippen molar-refractivity contribution in [3.05, 3.63) is 53.2 Å². The third-order valence-corrected chi connectivity index (χ3v) is 3.55. The summed E-state index contributed by atoms with van der Waals surface area (Å²) in [6.45, 7) is 7.66. The smallest absolute Gasteiger partial charge is 0.257 e. The molecule has 7 heteroatoms. The Balaban J connectivity index is 1.77. The van der Waals surface area contributed by atoms with E-state index in [1.54, 1.807) is 37.3 Å². The molecule has 0 saturated heterocycles. The van der Waals surface area contributed by atoms with E-state index >= 15 is 0 Å². The average molecular weight is 337 g/mol. The molecule has 0 saturated carbocycles. The Bertz CT molecular complexity index is 900. The Hall–Kier alpha value is -3.09. The minimum Gasteiger partial charge on any atom is -0.334 e. The first-order valence-corrected chi connectivity index (χ1v) is 8.00. The molecular weight excluding hydrogens is 318 g/mol. The lowest BCUT2D eigenvalue weighted by molar-refractivity contribution is 0.102. The van der Waals surface area contributed by atoms with E-state index in [0.717, 1.165) is 11.3 Å². The molecule has 0 radical (unpaired) electrons. The molecule has 2 aromatic heterocycles. The molecule has 1 N–H and O–H groups in total. The summed E-state index contributed by atoms with van der Waals surface area (Å²) in [6.07, 6.45) is 0. The van der Waals surface area contributed by atoms with Crippen LogP contribution in [0.2, 0.25) is 0 Å². The standard InChI is InChI=1S/C18H19N5O2/c1-10(2)16-19-11(3)9-15(21-16)22-17(24)13-5-7-14(8-6-13)18-20-12(4)23-25-18/h5-10H,1-4H3,(H,19,21,22,24). The average Bonchev–Trinajstić information content (AvgIpc) is 3.01. The lowest BCUT2D eigenvalue weighted by Crippen LogP contribution is -2.14. The van der Waals surface area contributed by atoms with Gasteiger partial charge in [-0.3, -0.25) is 4.79 Å². The summed E-state index contributed by atoms with van der Waals surface area (Å²) in [7, 11) is 0. The predicted octanol–water partition coefficient (Wildman–Crippen LogP) is 3.52. The van der Waals surface area contributed by atoms with Crippen molar-refractivity contribution < 1.29 is 9.32 Å². The Morgan fingerprint density at radius 3 is 2.40 bits per heavy atom. The van der Waals surface area contributed by atoms with Crippen LogP contribution >= 0.6 is 0 Å². The summed E-state index contributed by atoms with van der Waals surface area (Å²) in [5.74, 6) is 2.15. The molecule has 0 spiro atoms. The fraction of sp³-hybridized carbons (Fsp3) is 0.278. The number of aryl methyl sites for hydroxylation is 2. The predicted molar refractivity (Wildman–Crippen MR) is 93.3 cm³/mol. The van der Waals surface area contributed by atoms with Crippen LogP contribution in [0.25, 0.3) is 11.5 Å². The van der Waals surface area contributed by atoms with Crippen molar-refractivity contribution >= 4 is 11.7 Å². The molecule has 25 heavy (non-hydrogen) atoms. The zero-order chi connectivity index (χ0) is 18.0. The highest BCUT2D eigenvalue weighted by atomic mass is 16.5. The minimum atomic E-state index is -0.235. The van der Waals surface area contributed by atoms with Gasteiger partial charge in [-0.05, 0) is 38.1 Å². The number of carbonyl (C=O) groups is 1. The van der Waals surface area contributed by atoms with Crippen molar-refractivity contribution in [3.63, 3.8) is 0 Å². The highest BCUT2D eigenvalue weighted by Gasteiger charge is 2.12. The van der Waals surface area contributed by atoms with E-state index in [0.29, 0.717) is 28.9 Å². The third-order valence-electron chi connectivity index (χ3n) is 3.55. The summed E-state index contributed by atoms with van der Waals surface area (Å²) in [5, 5.41) is 6.57. The van der Waals surface area contributed by atoms with E-state index in [2.05, 4.69) is 25.4 Å². The molecule has 0 bridgehead atoms. The number of hydrogen-bond acceptors (Lipinski definition) is 6. The molecule has 1 amide bonds. The van der Waals surface area contributed by atoms with Gasteiger partial charge >= 0.3 is 0 Å². The maximum Gasteiger partial charge on any atom is 0.257 e. The zero-order valence-corrected chi connectivity index (χ0v) is 14.6. The van der Waals surface area contributed by atoms with Crippen LogP contribution in [0.4, 0.5) is 5.82 Å². The van der Waals surface area contributed by atoms with E-state index in [4.69, 9.17) is 4.52 Å². The fourth-order valence-electron chi connectivity index (χ4n) is 2.28. The van der Waals surface area contributed by atoms with Crippen molar-refractivity contribution in [2.24, 2.45) is 0 Å². The normalized spacial score (nSPS) is 10.9. The first kappa shape index (κ1) is 16.8. The molecule has 3 rings (SSSR count). The SMILES string of the molecule is Cc1cc(NC(=O)c2ccc(-c3nc(C)no3)cc2)nc(C(C)C)n1. The number of anilines is 1. The van der Waals surface area contributed by atoms with E-state index in [1.165, 1.54) is 0 Å². The van der Waals surface area contributed by atoms with Crippen molar-refractivity contribution in [3.8, 4) is 11.5 Å². The number of carbonyl (C=O) groups excluding carboxylic acids is 1. The van der Waals surface area contributed by atoms with E-state index < -0.39 is 0 Å². The maximum atomic E-state index is 12.4. The molecule has 0 aliphatic rings. The fourth-order valence-corrected chi connectivity index (χ4v) is 2.28. The molecule has 0 atom stereocenters. The van der Waals surface area contributed by atoms with Gasteiger partial charge in [-0.15, -0.1) is 0 Å². The number of aromatic nitrogens is 4. The topological polar surface area (TPSA) is 93.8 Å². The third kappa shape index (κ3) is 3.88. The van der Waals surface area contributed by atoms with Crippen molar-refractivity contribution in [2.45, 2.75) is 33.6 Å². The van der Waals surface area contributed by atoms with Crippen molar-refractivity contribution in [2.75, 3.05) is 5.32 Å². The second-order valence-electron chi connectivity index (χ2n) is 6.09. The monoisotopic (exact) mass is 337 g/mol. The summed E-state index contributed by atoms with van der Waals surface area (Å²) >= 11 is 0. The van der Waals surface area contributed by atoms with Gasteiger partial charge in [0.15, 0.2) is 5.82 Å². The highest BCUT2D eigenvalue weighted by Crippen LogP contribution is 2.19. The van der Waals surface area contributed by atoms with Crippen molar-refractivity contribution in [1.82, 2.24) is 20.1 Å². The van der Waals surface area contributed by atoms with Crippen molar-refractivity contribution in [1.29, 1.82) is 0 Å². The molecular formula is C18H19N5O2. The van der Waals surface area contributed by atoms with Gasteiger partial charge in [0.25, 0.3) is 11.8 Å². The van der Waals surface area contributed by atoms with Gasteiger partial charge < -0.3 is 9.84 Å². The summed E-state index contributed by atoms with van der Waals surface area (Å²) in [6, 6.07) is 8.71. The van der Waals surface area contributed by atoms with Crippen LogP contribution in [0.3, 0.4) is 0 Å². The molecule has 3 aromatic rings. The lowest BCUT2D eigenvalue weighted by atomic mass is 10.1.